The van der Waals surface area contributed by atoms with E-state index in [9.17, 15) is 9.59 Å². The Hall–Kier alpha value is -1.49. The fourth-order valence-electron chi connectivity index (χ4n) is 2.50. The molecule has 0 bridgehead atoms. The van der Waals surface area contributed by atoms with Crippen molar-refractivity contribution in [3.63, 3.8) is 0 Å². The van der Waals surface area contributed by atoms with E-state index in [1.165, 1.54) is 25.7 Å². The SMILES string of the molecule is Cc1ccc(SC2CCCC2)c(C(=O)NCCC(N)=O)c1. The van der Waals surface area contributed by atoms with Gasteiger partial charge in [-0.3, -0.25) is 9.59 Å². The first kappa shape index (κ1) is 15.9. The summed E-state index contributed by atoms with van der Waals surface area (Å²) in [6.45, 7) is 2.26. The Balaban J connectivity index is 2.06. The molecule has 0 atom stereocenters. The number of nitrogens with two attached hydrogens (primary N) is 1. The van der Waals surface area contributed by atoms with Gasteiger partial charge in [-0.05, 0) is 31.9 Å². The fourth-order valence-corrected chi connectivity index (χ4v) is 3.86. The highest BCUT2D eigenvalue weighted by Gasteiger charge is 2.19. The van der Waals surface area contributed by atoms with Gasteiger partial charge in [0.1, 0.15) is 0 Å². The van der Waals surface area contributed by atoms with E-state index < -0.39 is 5.91 Å². The average molecular weight is 306 g/mol. The number of hydrogen-bond donors (Lipinski definition) is 2. The van der Waals surface area contributed by atoms with Gasteiger partial charge in [0.05, 0.1) is 5.56 Å². The molecule has 0 spiro atoms. The maximum Gasteiger partial charge on any atom is 0.252 e. The van der Waals surface area contributed by atoms with E-state index in [-0.39, 0.29) is 18.9 Å². The number of amides is 2. The monoisotopic (exact) mass is 306 g/mol. The Morgan fingerprint density at radius 3 is 2.71 bits per heavy atom. The molecule has 1 aromatic carbocycles. The van der Waals surface area contributed by atoms with Gasteiger partial charge in [-0.1, -0.05) is 24.5 Å². The second-order valence-electron chi connectivity index (χ2n) is 5.50. The molecule has 1 aromatic rings. The maximum absolute atomic E-state index is 12.3. The Bertz CT molecular complexity index is 525. The van der Waals surface area contributed by atoms with Crippen molar-refractivity contribution in [3.8, 4) is 0 Å². The average Bonchev–Trinajstić information content (AvgIpc) is 2.93. The van der Waals surface area contributed by atoms with Crippen LogP contribution in [0.4, 0.5) is 0 Å². The lowest BCUT2D eigenvalue weighted by atomic mass is 10.1. The smallest absolute Gasteiger partial charge is 0.252 e. The van der Waals surface area contributed by atoms with Crippen LogP contribution in [0.25, 0.3) is 0 Å². The maximum atomic E-state index is 12.3. The summed E-state index contributed by atoms with van der Waals surface area (Å²) in [4.78, 5) is 24.1. The zero-order valence-electron chi connectivity index (χ0n) is 12.4. The van der Waals surface area contributed by atoms with Gasteiger partial charge in [0.25, 0.3) is 5.91 Å². The van der Waals surface area contributed by atoms with E-state index in [0.29, 0.717) is 10.8 Å². The van der Waals surface area contributed by atoms with Crippen molar-refractivity contribution in [2.75, 3.05) is 6.54 Å². The number of benzene rings is 1. The van der Waals surface area contributed by atoms with Crippen LogP contribution >= 0.6 is 11.8 Å². The van der Waals surface area contributed by atoms with Gasteiger partial charge in [0.15, 0.2) is 0 Å². The molecule has 5 heteroatoms. The van der Waals surface area contributed by atoms with Gasteiger partial charge in [0, 0.05) is 23.1 Å². The molecule has 0 saturated heterocycles. The summed E-state index contributed by atoms with van der Waals surface area (Å²) in [5, 5.41) is 3.39. The third-order valence-electron chi connectivity index (χ3n) is 3.63. The van der Waals surface area contributed by atoms with Crippen LogP contribution in [0.15, 0.2) is 23.1 Å². The number of carbonyl (C=O) groups is 2. The minimum Gasteiger partial charge on any atom is -0.370 e. The lowest BCUT2D eigenvalue weighted by molar-refractivity contribution is -0.117. The molecule has 1 saturated carbocycles. The molecule has 114 valence electrons. The van der Waals surface area contributed by atoms with Crippen LogP contribution in [-0.4, -0.2) is 23.6 Å². The third-order valence-corrected chi connectivity index (χ3v) is 5.05. The summed E-state index contributed by atoms with van der Waals surface area (Å²) in [6.07, 6.45) is 5.18. The molecule has 4 nitrogen and oxygen atoms in total. The number of carbonyl (C=O) groups excluding carboxylic acids is 2. The number of thioether (sulfide) groups is 1. The number of rotatable bonds is 6. The molecule has 0 aliphatic heterocycles. The Kier molecular flexibility index (Phi) is 5.67. The van der Waals surface area contributed by atoms with E-state index in [0.717, 1.165) is 10.5 Å². The molecule has 2 rings (SSSR count). The molecule has 1 aliphatic rings. The van der Waals surface area contributed by atoms with E-state index in [1.54, 1.807) is 11.8 Å². The van der Waals surface area contributed by atoms with Gasteiger partial charge in [-0.2, -0.15) is 0 Å². The summed E-state index contributed by atoms with van der Waals surface area (Å²) in [7, 11) is 0. The second kappa shape index (κ2) is 7.50. The highest BCUT2D eigenvalue weighted by atomic mass is 32.2. The normalized spacial score (nSPS) is 15.1. The first-order chi connectivity index (χ1) is 10.1. The molecule has 1 aliphatic carbocycles. The number of nitrogens with one attached hydrogen (secondary N) is 1. The van der Waals surface area contributed by atoms with Gasteiger partial charge in [0.2, 0.25) is 5.91 Å². The van der Waals surface area contributed by atoms with E-state index in [2.05, 4.69) is 5.32 Å². The Labute approximate surface area is 129 Å². The molecule has 0 heterocycles. The van der Waals surface area contributed by atoms with Crippen LogP contribution in [-0.2, 0) is 4.79 Å². The lowest BCUT2D eigenvalue weighted by Gasteiger charge is -2.14. The molecule has 3 N–H and O–H groups in total. The minimum atomic E-state index is -0.403. The van der Waals surface area contributed by atoms with E-state index in [4.69, 9.17) is 5.73 Å². The predicted molar refractivity (Wildman–Crippen MR) is 85.4 cm³/mol. The van der Waals surface area contributed by atoms with Crippen LogP contribution in [0.1, 0.15) is 48.0 Å². The third kappa shape index (κ3) is 4.77. The lowest BCUT2D eigenvalue weighted by Crippen LogP contribution is -2.28. The van der Waals surface area contributed by atoms with Crippen LogP contribution in [0.3, 0.4) is 0 Å². The first-order valence-electron chi connectivity index (χ1n) is 7.40. The topological polar surface area (TPSA) is 72.2 Å². The van der Waals surface area contributed by atoms with Gasteiger partial charge in [-0.15, -0.1) is 11.8 Å². The molecule has 1 fully saturated rings. The molecule has 2 amide bonds. The highest BCUT2D eigenvalue weighted by Crippen LogP contribution is 2.36. The summed E-state index contributed by atoms with van der Waals surface area (Å²) >= 11 is 1.80. The number of hydrogen-bond acceptors (Lipinski definition) is 3. The Morgan fingerprint density at radius 2 is 2.05 bits per heavy atom. The van der Waals surface area contributed by atoms with Crippen molar-refractivity contribution in [1.82, 2.24) is 5.32 Å². The van der Waals surface area contributed by atoms with E-state index >= 15 is 0 Å². The standard InChI is InChI=1S/C16H22N2O2S/c1-11-6-7-14(21-12-4-2-3-5-12)13(10-11)16(20)18-9-8-15(17)19/h6-7,10,12H,2-5,8-9H2,1H3,(H2,17,19)(H,18,20). The quantitative estimate of drug-likeness (QED) is 0.848. The molecule has 0 unspecified atom stereocenters. The zero-order valence-corrected chi connectivity index (χ0v) is 13.2. The predicted octanol–water partition coefficient (Wildman–Crippen LogP) is 2.63. The summed E-state index contributed by atoms with van der Waals surface area (Å²) < 4.78 is 0. The fraction of sp³-hybridized carbons (Fsp3) is 0.500. The minimum absolute atomic E-state index is 0.125. The van der Waals surface area contributed by atoms with Gasteiger partial charge < -0.3 is 11.1 Å². The largest absolute Gasteiger partial charge is 0.370 e. The summed E-state index contributed by atoms with van der Waals surface area (Å²) in [6, 6.07) is 5.98. The van der Waals surface area contributed by atoms with Gasteiger partial charge in [-0.25, -0.2) is 0 Å². The van der Waals surface area contributed by atoms with Crippen molar-refractivity contribution in [1.29, 1.82) is 0 Å². The molecule has 0 radical (unpaired) electrons. The number of primary amides is 1. The van der Waals surface area contributed by atoms with Crippen molar-refractivity contribution < 1.29 is 9.59 Å². The molecule has 0 aromatic heterocycles. The Morgan fingerprint density at radius 1 is 1.33 bits per heavy atom. The van der Waals surface area contributed by atoms with Crippen LogP contribution in [0.5, 0.6) is 0 Å². The van der Waals surface area contributed by atoms with Gasteiger partial charge >= 0.3 is 0 Å². The molecule has 21 heavy (non-hydrogen) atoms. The molecular formula is C16H22N2O2S. The van der Waals surface area contributed by atoms with Crippen LogP contribution < -0.4 is 11.1 Å². The van der Waals surface area contributed by atoms with Crippen molar-refractivity contribution in [2.45, 2.75) is 49.2 Å². The zero-order chi connectivity index (χ0) is 15.2. The number of aryl methyl sites for hydroxylation is 1. The van der Waals surface area contributed by atoms with Crippen molar-refractivity contribution in [3.05, 3.63) is 29.3 Å². The van der Waals surface area contributed by atoms with Crippen LogP contribution in [0.2, 0.25) is 0 Å². The first-order valence-corrected chi connectivity index (χ1v) is 8.28. The summed E-state index contributed by atoms with van der Waals surface area (Å²) in [5.41, 5.74) is 6.85. The second-order valence-corrected chi connectivity index (χ2v) is 6.84. The van der Waals surface area contributed by atoms with E-state index in [1.807, 2.05) is 25.1 Å². The summed E-state index contributed by atoms with van der Waals surface area (Å²) in [5.74, 6) is -0.527. The van der Waals surface area contributed by atoms with Crippen molar-refractivity contribution >= 4 is 23.6 Å². The van der Waals surface area contributed by atoms with Crippen molar-refractivity contribution in [2.24, 2.45) is 5.73 Å². The van der Waals surface area contributed by atoms with Crippen LogP contribution in [0, 0.1) is 6.92 Å². The molecular weight excluding hydrogens is 284 g/mol. The highest BCUT2D eigenvalue weighted by molar-refractivity contribution is 8.00.